The van der Waals surface area contributed by atoms with Crippen molar-refractivity contribution in [2.45, 2.75) is 70.6 Å². The van der Waals surface area contributed by atoms with Gasteiger partial charge in [-0.1, -0.05) is 19.3 Å². The fraction of sp³-hybridized carbons (Fsp3) is 0.519. The van der Waals surface area contributed by atoms with Gasteiger partial charge in [0.25, 0.3) is 5.91 Å². The van der Waals surface area contributed by atoms with Crippen molar-refractivity contribution in [1.29, 1.82) is 0 Å². The molecule has 1 aliphatic heterocycles. The van der Waals surface area contributed by atoms with Gasteiger partial charge in [0, 0.05) is 30.3 Å². The lowest BCUT2D eigenvalue weighted by atomic mass is 9.81. The van der Waals surface area contributed by atoms with Crippen molar-refractivity contribution < 1.29 is 27.6 Å². The number of likely N-dealkylation sites (tertiary alicyclic amines) is 1. The molecule has 0 unspecified atom stereocenters. The van der Waals surface area contributed by atoms with Gasteiger partial charge in [0.15, 0.2) is 0 Å². The number of urea groups is 1. The maximum Gasteiger partial charge on any atom is 0.408 e. The molecule has 3 N–H and O–H groups in total. The van der Waals surface area contributed by atoms with E-state index in [2.05, 4.69) is 15.3 Å². The average molecular weight is 547 g/mol. The molecular weight excluding hydrogens is 513 g/mol. The molecule has 2 fully saturated rings. The van der Waals surface area contributed by atoms with E-state index < -0.39 is 47.9 Å². The van der Waals surface area contributed by atoms with Crippen LogP contribution < -0.4 is 16.0 Å². The number of nitrogens with one attached hydrogen (secondary N) is 1. The monoisotopic (exact) mass is 546 g/mol. The molecule has 4 rings (SSSR count). The Balaban J connectivity index is 1.64. The number of hydrogen-bond acceptors (Lipinski definition) is 6. The lowest BCUT2D eigenvalue weighted by Gasteiger charge is -2.46. The highest BCUT2D eigenvalue weighted by atomic mass is 19.4. The van der Waals surface area contributed by atoms with Gasteiger partial charge in [-0.15, -0.1) is 0 Å². The van der Waals surface area contributed by atoms with Crippen molar-refractivity contribution >= 4 is 29.4 Å². The number of carbonyl (C=O) groups excluding carboxylic acids is 3. The minimum Gasteiger partial charge on any atom is -0.384 e. The van der Waals surface area contributed by atoms with Crippen LogP contribution in [0.3, 0.4) is 0 Å². The van der Waals surface area contributed by atoms with Crippen molar-refractivity contribution in [1.82, 2.24) is 20.2 Å². The third-order valence-electron chi connectivity index (χ3n) is 7.51. The zero-order chi connectivity index (χ0) is 28.3. The maximum atomic E-state index is 14.0. The largest absolute Gasteiger partial charge is 0.408 e. The predicted octanol–water partition coefficient (Wildman–Crippen LogP) is 4.01. The van der Waals surface area contributed by atoms with E-state index >= 15 is 0 Å². The Bertz CT molecular complexity index is 1220. The first kappa shape index (κ1) is 28.3. The number of pyridine rings is 2. The molecule has 0 bridgehead atoms. The van der Waals surface area contributed by atoms with Crippen LogP contribution in [-0.4, -0.2) is 57.5 Å². The minimum absolute atomic E-state index is 0.0734. The second kappa shape index (κ2) is 11.6. The summed E-state index contributed by atoms with van der Waals surface area (Å²) >= 11 is 0. The highest BCUT2D eigenvalue weighted by Crippen LogP contribution is 2.37. The lowest BCUT2D eigenvalue weighted by Crippen LogP contribution is -2.72. The summed E-state index contributed by atoms with van der Waals surface area (Å²) in [4.78, 5) is 50.5. The van der Waals surface area contributed by atoms with Crippen LogP contribution in [0.1, 0.15) is 50.3 Å². The van der Waals surface area contributed by atoms with E-state index in [-0.39, 0.29) is 18.8 Å². The summed E-state index contributed by atoms with van der Waals surface area (Å²) in [6.07, 6.45) is 1.18. The summed E-state index contributed by atoms with van der Waals surface area (Å²) in [6.45, 7) is 3.71. The Morgan fingerprint density at radius 3 is 2.46 bits per heavy atom. The standard InChI is InChI=1S/C27H33F3N6O3/c1-3-35(19-10-12-32-16(2)13-19)25(38)22-20(14-17-9-11-33-21(31)15-17)24(37)36(22)26(39)34-23(27(28,29)30)18-7-5-4-6-8-18/h9-13,15,18,20,22-23H,3-8,14H2,1-2H3,(H2,31,33)(H,34,39)/t20-,22+,23+/m1/s1. The summed E-state index contributed by atoms with van der Waals surface area (Å²) < 4.78 is 42.1. The van der Waals surface area contributed by atoms with Gasteiger partial charge in [-0.3, -0.25) is 19.5 Å². The number of likely N-dealkylation sites (N-methyl/N-ethyl adjacent to an activating group) is 1. The number of halogens is 3. The molecular formula is C27H33F3N6O3. The van der Waals surface area contributed by atoms with Crippen LogP contribution >= 0.6 is 0 Å². The van der Waals surface area contributed by atoms with E-state index in [1.807, 2.05) is 0 Å². The van der Waals surface area contributed by atoms with Gasteiger partial charge < -0.3 is 16.0 Å². The normalized spacial score (nSPS) is 20.7. The third-order valence-corrected chi connectivity index (χ3v) is 7.51. The highest BCUT2D eigenvalue weighted by Gasteiger charge is 2.57. The van der Waals surface area contributed by atoms with Crippen molar-refractivity contribution in [3.05, 3.63) is 47.9 Å². The Labute approximate surface area is 225 Å². The minimum atomic E-state index is -4.69. The molecule has 0 spiro atoms. The van der Waals surface area contributed by atoms with E-state index in [0.717, 1.165) is 6.42 Å². The van der Waals surface area contributed by atoms with Gasteiger partial charge in [0.05, 0.1) is 5.92 Å². The quantitative estimate of drug-likeness (QED) is 0.506. The molecule has 12 heteroatoms. The van der Waals surface area contributed by atoms with E-state index in [1.165, 1.54) is 17.3 Å². The molecule has 210 valence electrons. The molecule has 2 aromatic rings. The molecule has 0 radical (unpaired) electrons. The molecule has 3 heterocycles. The Morgan fingerprint density at radius 1 is 1.15 bits per heavy atom. The van der Waals surface area contributed by atoms with Crippen LogP contribution in [-0.2, 0) is 16.0 Å². The number of anilines is 2. The second-order valence-corrected chi connectivity index (χ2v) is 10.2. The van der Waals surface area contributed by atoms with Crippen molar-refractivity contribution in [3.63, 3.8) is 0 Å². The fourth-order valence-electron chi connectivity index (χ4n) is 5.59. The van der Waals surface area contributed by atoms with Crippen molar-refractivity contribution in [2.24, 2.45) is 11.8 Å². The van der Waals surface area contributed by atoms with Crippen LogP contribution in [0.4, 0.5) is 29.5 Å². The molecule has 0 aromatic carbocycles. The molecule has 9 nitrogen and oxygen atoms in total. The number of aromatic nitrogens is 2. The summed E-state index contributed by atoms with van der Waals surface area (Å²) in [5, 5.41) is 2.07. The van der Waals surface area contributed by atoms with Crippen LogP contribution in [0.15, 0.2) is 36.7 Å². The SMILES string of the molecule is CCN(C(=O)[C@@H]1[C@@H](Cc2ccnc(N)c2)C(=O)N1C(=O)N[C@@H](C1CCCCC1)C(F)(F)F)c1ccnc(C)c1. The molecule has 3 atom stereocenters. The Morgan fingerprint density at radius 2 is 1.85 bits per heavy atom. The number of carbonyl (C=O) groups is 3. The average Bonchev–Trinajstić information content (AvgIpc) is 2.89. The number of hydrogen-bond donors (Lipinski definition) is 2. The smallest absolute Gasteiger partial charge is 0.384 e. The summed E-state index contributed by atoms with van der Waals surface area (Å²) in [7, 11) is 0. The molecule has 1 saturated heterocycles. The van der Waals surface area contributed by atoms with Gasteiger partial charge in [-0.2, -0.15) is 13.2 Å². The van der Waals surface area contributed by atoms with Crippen LogP contribution in [0.25, 0.3) is 0 Å². The van der Waals surface area contributed by atoms with Gasteiger partial charge in [-0.25, -0.2) is 9.78 Å². The first-order chi connectivity index (χ1) is 18.5. The highest BCUT2D eigenvalue weighted by molar-refractivity contribution is 6.12. The second-order valence-electron chi connectivity index (χ2n) is 10.2. The Kier molecular flexibility index (Phi) is 8.41. The maximum absolute atomic E-state index is 14.0. The number of aryl methyl sites for hydroxylation is 1. The zero-order valence-electron chi connectivity index (χ0n) is 21.9. The van der Waals surface area contributed by atoms with Gasteiger partial charge in [0.1, 0.15) is 17.9 Å². The van der Waals surface area contributed by atoms with Crippen molar-refractivity contribution in [3.8, 4) is 0 Å². The number of nitrogen functional groups attached to an aromatic ring is 1. The number of imide groups is 1. The number of alkyl halides is 3. The van der Waals surface area contributed by atoms with E-state index in [4.69, 9.17) is 5.73 Å². The fourth-order valence-corrected chi connectivity index (χ4v) is 5.59. The molecule has 2 aromatic heterocycles. The number of nitrogens with two attached hydrogens (primary N) is 1. The van der Waals surface area contributed by atoms with Gasteiger partial charge in [0.2, 0.25) is 5.91 Å². The van der Waals surface area contributed by atoms with E-state index in [9.17, 15) is 27.6 Å². The summed E-state index contributed by atoms with van der Waals surface area (Å²) in [6, 6.07) is 1.91. The number of amides is 4. The van der Waals surface area contributed by atoms with Crippen LogP contribution in [0.2, 0.25) is 0 Å². The van der Waals surface area contributed by atoms with E-state index in [0.29, 0.717) is 47.5 Å². The van der Waals surface area contributed by atoms with Crippen LogP contribution in [0.5, 0.6) is 0 Å². The number of nitrogens with zero attached hydrogens (tertiary/aromatic N) is 4. The van der Waals surface area contributed by atoms with Crippen LogP contribution in [0, 0.1) is 18.8 Å². The first-order valence-electron chi connectivity index (χ1n) is 13.2. The molecule has 1 aliphatic carbocycles. The van der Waals surface area contributed by atoms with Gasteiger partial charge >= 0.3 is 12.2 Å². The zero-order valence-corrected chi connectivity index (χ0v) is 21.9. The molecule has 39 heavy (non-hydrogen) atoms. The number of rotatable bonds is 7. The predicted molar refractivity (Wildman–Crippen MR) is 138 cm³/mol. The summed E-state index contributed by atoms with van der Waals surface area (Å²) in [5.74, 6) is -2.80. The topological polar surface area (TPSA) is 122 Å². The van der Waals surface area contributed by atoms with Crippen molar-refractivity contribution in [2.75, 3.05) is 17.2 Å². The lowest BCUT2D eigenvalue weighted by molar-refractivity contribution is -0.170. The van der Waals surface area contributed by atoms with Gasteiger partial charge in [-0.05, 0) is 68.9 Å². The third kappa shape index (κ3) is 6.15. The molecule has 4 amide bonds. The molecule has 2 aliphatic rings. The summed E-state index contributed by atoms with van der Waals surface area (Å²) in [5.41, 5.74) is 7.55. The first-order valence-corrected chi connectivity index (χ1v) is 13.2. The number of β-lactam (4-membered cyclic amide) rings is 1. The molecule has 1 saturated carbocycles. The Hall–Kier alpha value is -3.70. The van der Waals surface area contributed by atoms with E-state index in [1.54, 1.807) is 38.1 Å².